The fourth-order valence-electron chi connectivity index (χ4n) is 3.66. The third-order valence-electron chi connectivity index (χ3n) is 5.43. The van der Waals surface area contributed by atoms with Crippen LogP contribution in [-0.4, -0.2) is 32.8 Å². The number of carboxylic acid groups (broad SMARTS) is 1. The molecule has 0 bridgehead atoms. The van der Waals surface area contributed by atoms with Crippen molar-refractivity contribution in [3.05, 3.63) is 102 Å². The van der Waals surface area contributed by atoms with Crippen molar-refractivity contribution in [1.82, 2.24) is 14.6 Å². The highest BCUT2D eigenvalue weighted by atomic mass is 16.5. The summed E-state index contributed by atoms with van der Waals surface area (Å²) in [4.78, 5) is 16.2. The summed E-state index contributed by atoms with van der Waals surface area (Å²) < 4.78 is 12.7. The number of hydrogen-bond acceptors (Lipinski definition) is 5. The summed E-state index contributed by atoms with van der Waals surface area (Å²) in [5.74, 6) is 0.376. The summed E-state index contributed by atoms with van der Waals surface area (Å²) in [6.07, 6.45) is 0. The third kappa shape index (κ3) is 4.31. The van der Waals surface area contributed by atoms with Gasteiger partial charge in [0.2, 0.25) is 0 Å². The number of ether oxygens (including phenoxy) is 2. The Morgan fingerprint density at radius 2 is 1.56 bits per heavy atom. The minimum Gasteiger partial charge on any atom is -0.497 e. The first-order valence-electron chi connectivity index (χ1n) is 10.7. The lowest BCUT2D eigenvalue weighted by Crippen LogP contribution is -2.01. The fraction of sp³-hybridized carbons (Fsp3) is 0.0741. The molecule has 0 fully saturated rings. The van der Waals surface area contributed by atoms with Gasteiger partial charge in [0.05, 0.1) is 18.5 Å². The molecule has 7 heteroatoms. The molecule has 0 radical (unpaired) electrons. The number of fused-ring (bicyclic) bond motifs is 1. The van der Waals surface area contributed by atoms with E-state index >= 15 is 0 Å². The van der Waals surface area contributed by atoms with Crippen molar-refractivity contribution in [1.29, 1.82) is 0 Å². The molecule has 1 N–H and O–H groups in total. The van der Waals surface area contributed by atoms with Gasteiger partial charge in [-0.3, -0.25) is 0 Å². The van der Waals surface area contributed by atoms with Gasteiger partial charge in [-0.05, 0) is 60.2 Å². The highest BCUT2D eigenvalue weighted by Crippen LogP contribution is 2.29. The molecule has 3 aromatic carbocycles. The summed E-state index contributed by atoms with van der Waals surface area (Å²) in [6.45, 7) is 0.486. The number of aromatic carboxylic acids is 1. The van der Waals surface area contributed by atoms with E-state index in [1.165, 1.54) is 6.07 Å². The van der Waals surface area contributed by atoms with E-state index in [-0.39, 0.29) is 5.69 Å². The van der Waals surface area contributed by atoms with E-state index in [1.807, 2.05) is 84.9 Å². The van der Waals surface area contributed by atoms with Crippen LogP contribution in [0.15, 0.2) is 91.0 Å². The Morgan fingerprint density at radius 3 is 2.24 bits per heavy atom. The van der Waals surface area contributed by atoms with Crippen molar-refractivity contribution in [2.45, 2.75) is 6.61 Å². The molecule has 5 aromatic rings. The molecule has 0 amide bonds. The van der Waals surface area contributed by atoms with Crippen LogP contribution in [0.5, 0.6) is 11.5 Å². The molecule has 0 aliphatic carbocycles. The van der Waals surface area contributed by atoms with Crippen LogP contribution in [0.1, 0.15) is 16.1 Å². The van der Waals surface area contributed by atoms with Gasteiger partial charge in [-0.25, -0.2) is 14.3 Å². The number of rotatable bonds is 7. The molecule has 0 unspecified atom stereocenters. The molecule has 0 saturated heterocycles. The summed E-state index contributed by atoms with van der Waals surface area (Å²) >= 11 is 0. The summed E-state index contributed by atoms with van der Waals surface area (Å²) in [5, 5.41) is 13.7. The van der Waals surface area contributed by atoms with E-state index in [0.717, 1.165) is 33.9 Å². The standard InChI is InChI=1S/C27H21N3O4/c1-33-21-11-9-20(10-12-21)25-15-23(28-26-16-24(27(31)32)29-30(25)26)19-7-13-22(14-8-19)34-17-18-5-3-2-4-6-18/h2-16H,17H2,1H3,(H,31,32). The monoisotopic (exact) mass is 451 g/mol. The highest BCUT2D eigenvalue weighted by molar-refractivity contribution is 5.87. The lowest BCUT2D eigenvalue weighted by atomic mass is 10.1. The highest BCUT2D eigenvalue weighted by Gasteiger charge is 2.16. The van der Waals surface area contributed by atoms with Gasteiger partial charge in [0.25, 0.3) is 0 Å². The molecule has 0 spiro atoms. The number of nitrogens with zero attached hydrogens (tertiary/aromatic N) is 3. The largest absolute Gasteiger partial charge is 0.497 e. The van der Waals surface area contributed by atoms with Crippen molar-refractivity contribution < 1.29 is 19.4 Å². The Hall–Kier alpha value is -4.65. The number of hydrogen-bond donors (Lipinski definition) is 1. The third-order valence-corrected chi connectivity index (χ3v) is 5.43. The lowest BCUT2D eigenvalue weighted by molar-refractivity contribution is 0.0690. The molecular formula is C27H21N3O4. The lowest BCUT2D eigenvalue weighted by Gasteiger charge is -2.10. The normalized spacial score (nSPS) is 10.9. The second-order valence-electron chi connectivity index (χ2n) is 7.66. The van der Waals surface area contributed by atoms with Crippen molar-refractivity contribution in [2.24, 2.45) is 0 Å². The average molecular weight is 451 g/mol. The van der Waals surface area contributed by atoms with E-state index in [0.29, 0.717) is 17.9 Å². The quantitative estimate of drug-likeness (QED) is 0.359. The minimum atomic E-state index is -1.10. The Labute approximate surface area is 195 Å². The van der Waals surface area contributed by atoms with Crippen LogP contribution in [0.3, 0.4) is 0 Å². The van der Waals surface area contributed by atoms with Gasteiger partial charge >= 0.3 is 5.97 Å². The molecule has 168 valence electrons. The molecule has 2 aromatic heterocycles. The predicted octanol–water partition coefficient (Wildman–Crippen LogP) is 5.35. The molecule has 0 aliphatic rings. The van der Waals surface area contributed by atoms with E-state index in [9.17, 15) is 9.90 Å². The number of methoxy groups -OCH3 is 1. The molecule has 5 rings (SSSR count). The van der Waals surface area contributed by atoms with Crippen LogP contribution in [0.25, 0.3) is 28.2 Å². The first-order valence-corrected chi connectivity index (χ1v) is 10.7. The van der Waals surface area contributed by atoms with Crippen molar-refractivity contribution in [3.8, 4) is 34.0 Å². The van der Waals surface area contributed by atoms with Crippen LogP contribution in [0.4, 0.5) is 0 Å². The molecule has 0 aliphatic heterocycles. The van der Waals surface area contributed by atoms with E-state index < -0.39 is 5.97 Å². The minimum absolute atomic E-state index is 0.0657. The molecule has 2 heterocycles. The molecular weight excluding hydrogens is 430 g/mol. The zero-order valence-corrected chi connectivity index (χ0v) is 18.4. The Balaban J connectivity index is 1.50. The van der Waals surface area contributed by atoms with Crippen molar-refractivity contribution >= 4 is 11.6 Å². The second-order valence-corrected chi connectivity index (χ2v) is 7.66. The Morgan fingerprint density at radius 1 is 0.882 bits per heavy atom. The van der Waals surface area contributed by atoms with Gasteiger partial charge in [0.15, 0.2) is 11.3 Å². The maximum atomic E-state index is 11.5. The second kappa shape index (κ2) is 9.07. The van der Waals surface area contributed by atoms with Gasteiger partial charge in [-0.1, -0.05) is 30.3 Å². The average Bonchev–Trinajstić information content (AvgIpc) is 3.33. The SMILES string of the molecule is COc1ccc(-c2cc(-c3ccc(OCc4ccccc4)cc3)nc3cc(C(=O)O)nn23)cc1. The summed E-state index contributed by atoms with van der Waals surface area (Å²) in [7, 11) is 1.61. The number of benzene rings is 3. The maximum absolute atomic E-state index is 11.5. The molecule has 7 nitrogen and oxygen atoms in total. The van der Waals surface area contributed by atoms with E-state index in [4.69, 9.17) is 9.47 Å². The fourth-order valence-corrected chi connectivity index (χ4v) is 3.66. The van der Waals surface area contributed by atoms with Gasteiger partial charge in [-0.15, -0.1) is 0 Å². The van der Waals surface area contributed by atoms with Gasteiger partial charge in [0.1, 0.15) is 18.1 Å². The van der Waals surface area contributed by atoms with Crippen molar-refractivity contribution in [2.75, 3.05) is 7.11 Å². The van der Waals surface area contributed by atoms with Crippen LogP contribution in [-0.2, 0) is 6.61 Å². The molecule has 0 atom stereocenters. The molecule has 0 saturated carbocycles. The number of carboxylic acids is 1. The van der Waals surface area contributed by atoms with Crippen LogP contribution >= 0.6 is 0 Å². The van der Waals surface area contributed by atoms with Crippen LogP contribution in [0.2, 0.25) is 0 Å². The number of carbonyl (C=O) groups is 1. The summed E-state index contributed by atoms with van der Waals surface area (Å²) in [5.41, 5.74) is 4.64. The maximum Gasteiger partial charge on any atom is 0.356 e. The first kappa shape index (κ1) is 21.2. The predicted molar refractivity (Wildman–Crippen MR) is 128 cm³/mol. The molecule has 34 heavy (non-hydrogen) atoms. The van der Waals surface area contributed by atoms with Crippen LogP contribution in [0, 0.1) is 0 Å². The topological polar surface area (TPSA) is 86.0 Å². The smallest absolute Gasteiger partial charge is 0.356 e. The number of aromatic nitrogens is 3. The zero-order valence-electron chi connectivity index (χ0n) is 18.4. The first-order chi connectivity index (χ1) is 16.6. The Kier molecular flexibility index (Phi) is 5.66. The van der Waals surface area contributed by atoms with Crippen molar-refractivity contribution in [3.63, 3.8) is 0 Å². The van der Waals surface area contributed by atoms with Gasteiger partial charge in [0, 0.05) is 17.2 Å². The Bertz CT molecular complexity index is 1440. The zero-order chi connectivity index (χ0) is 23.5. The van der Waals surface area contributed by atoms with Gasteiger partial charge < -0.3 is 14.6 Å². The van der Waals surface area contributed by atoms with Crippen LogP contribution < -0.4 is 9.47 Å². The van der Waals surface area contributed by atoms with E-state index in [2.05, 4.69) is 10.1 Å². The van der Waals surface area contributed by atoms with Gasteiger partial charge in [-0.2, -0.15) is 5.10 Å². The van der Waals surface area contributed by atoms with E-state index in [1.54, 1.807) is 11.6 Å². The summed E-state index contributed by atoms with van der Waals surface area (Å²) in [6, 6.07) is 28.5.